The highest BCUT2D eigenvalue weighted by Gasteiger charge is 2.30. The Bertz CT molecular complexity index is 736. The molecule has 144 valence electrons. The summed E-state index contributed by atoms with van der Waals surface area (Å²) in [5.74, 6) is -0.115. The van der Waals surface area contributed by atoms with Gasteiger partial charge in [0, 0.05) is 51.3 Å². The van der Waals surface area contributed by atoms with Crippen LogP contribution in [0.15, 0.2) is 54.6 Å². The quantitative estimate of drug-likeness (QED) is 0.710. The number of benzene rings is 2. The molecule has 0 atom stereocenters. The first-order valence-corrected chi connectivity index (χ1v) is 9.11. The highest BCUT2D eigenvalue weighted by Crippen LogP contribution is 2.29. The monoisotopic (exact) mass is 376 g/mol. The molecule has 3 nitrogen and oxygen atoms in total. The SMILES string of the molecule is O=C(CCN1CCN(Cc2ccccc2)CC1)c1ccc(C(F)(F)F)cc1. The van der Waals surface area contributed by atoms with Crippen molar-refractivity contribution in [2.24, 2.45) is 0 Å². The molecule has 0 N–H and O–H groups in total. The predicted octanol–water partition coefficient (Wildman–Crippen LogP) is 4.10. The Morgan fingerprint density at radius 3 is 2.04 bits per heavy atom. The van der Waals surface area contributed by atoms with Crippen molar-refractivity contribution in [1.82, 2.24) is 9.80 Å². The van der Waals surface area contributed by atoms with Crippen LogP contribution in [0.5, 0.6) is 0 Å². The van der Waals surface area contributed by atoms with Crippen LogP contribution in [0, 0.1) is 0 Å². The van der Waals surface area contributed by atoms with Crippen LogP contribution in [0.2, 0.25) is 0 Å². The summed E-state index contributed by atoms with van der Waals surface area (Å²) < 4.78 is 37.8. The highest BCUT2D eigenvalue weighted by molar-refractivity contribution is 5.96. The Labute approximate surface area is 157 Å². The number of hydrogen-bond acceptors (Lipinski definition) is 3. The molecule has 2 aromatic rings. The lowest BCUT2D eigenvalue weighted by Gasteiger charge is -2.34. The van der Waals surface area contributed by atoms with Gasteiger partial charge < -0.3 is 4.90 Å². The maximum absolute atomic E-state index is 12.6. The van der Waals surface area contributed by atoms with E-state index in [0.717, 1.165) is 44.9 Å². The summed E-state index contributed by atoms with van der Waals surface area (Å²) in [5.41, 5.74) is 0.905. The third kappa shape index (κ3) is 5.65. The standard InChI is InChI=1S/C21H23F3N2O/c22-21(23,24)19-8-6-18(7-9-19)20(27)10-11-25-12-14-26(15-13-25)16-17-4-2-1-3-5-17/h1-9H,10-16H2. The van der Waals surface area contributed by atoms with Crippen LogP contribution in [-0.2, 0) is 12.7 Å². The number of Topliss-reactive ketones (excluding diaryl/α,β-unsaturated/α-hetero) is 1. The Balaban J connectivity index is 1.42. The molecule has 0 unspecified atom stereocenters. The zero-order chi connectivity index (χ0) is 19.3. The number of halogens is 3. The van der Waals surface area contributed by atoms with E-state index in [2.05, 4.69) is 21.9 Å². The Kier molecular flexibility index (Phi) is 6.29. The first-order valence-electron chi connectivity index (χ1n) is 9.11. The van der Waals surface area contributed by atoms with Crippen molar-refractivity contribution >= 4 is 5.78 Å². The van der Waals surface area contributed by atoms with E-state index in [-0.39, 0.29) is 5.78 Å². The van der Waals surface area contributed by atoms with E-state index in [0.29, 0.717) is 18.5 Å². The summed E-state index contributed by atoms with van der Waals surface area (Å²) in [6, 6.07) is 14.8. The number of rotatable bonds is 6. The van der Waals surface area contributed by atoms with Crippen molar-refractivity contribution in [3.05, 3.63) is 71.3 Å². The third-order valence-corrected chi connectivity index (χ3v) is 4.90. The molecule has 0 saturated carbocycles. The lowest BCUT2D eigenvalue weighted by atomic mass is 10.1. The van der Waals surface area contributed by atoms with Gasteiger partial charge in [0.15, 0.2) is 5.78 Å². The van der Waals surface area contributed by atoms with Gasteiger partial charge in [0.05, 0.1) is 5.56 Å². The van der Waals surface area contributed by atoms with E-state index < -0.39 is 11.7 Å². The summed E-state index contributed by atoms with van der Waals surface area (Å²) in [6.45, 7) is 5.26. The van der Waals surface area contributed by atoms with E-state index in [1.54, 1.807) is 0 Å². The van der Waals surface area contributed by atoms with Crippen LogP contribution < -0.4 is 0 Å². The summed E-state index contributed by atoms with van der Waals surface area (Å²) in [5, 5.41) is 0. The highest BCUT2D eigenvalue weighted by atomic mass is 19.4. The zero-order valence-electron chi connectivity index (χ0n) is 15.1. The number of ketones is 1. The smallest absolute Gasteiger partial charge is 0.300 e. The van der Waals surface area contributed by atoms with Crippen LogP contribution in [0.4, 0.5) is 13.2 Å². The number of carbonyl (C=O) groups excluding carboxylic acids is 1. The van der Waals surface area contributed by atoms with Gasteiger partial charge in [0.1, 0.15) is 0 Å². The first-order chi connectivity index (χ1) is 12.9. The first kappa shape index (κ1) is 19.6. The van der Waals surface area contributed by atoms with Crippen molar-refractivity contribution in [3.63, 3.8) is 0 Å². The number of alkyl halides is 3. The van der Waals surface area contributed by atoms with Gasteiger partial charge in [0.25, 0.3) is 0 Å². The van der Waals surface area contributed by atoms with Gasteiger partial charge in [-0.05, 0) is 17.7 Å². The third-order valence-electron chi connectivity index (χ3n) is 4.90. The second-order valence-corrected chi connectivity index (χ2v) is 6.85. The average Bonchev–Trinajstić information content (AvgIpc) is 2.67. The van der Waals surface area contributed by atoms with Crippen molar-refractivity contribution in [1.29, 1.82) is 0 Å². The van der Waals surface area contributed by atoms with Crippen molar-refractivity contribution in [3.8, 4) is 0 Å². The number of piperazine rings is 1. The van der Waals surface area contributed by atoms with E-state index in [9.17, 15) is 18.0 Å². The number of carbonyl (C=O) groups is 1. The van der Waals surface area contributed by atoms with E-state index in [1.165, 1.54) is 17.7 Å². The van der Waals surface area contributed by atoms with E-state index in [4.69, 9.17) is 0 Å². The van der Waals surface area contributed by atoms with Gasteiger partial charge in [-0.1, -0.05) is 42.5 Å². The molecule has 0 aromatic heterocycles. The lowest BCUT2D eigenvalue weighted by molar-refractivity contribution is -0.137. The minimum Gasteiger partial charge on any atom is -0.300 e. The molecule has 0 spiro atoms. The van der Waals surface area contributed by atoms with Gasteiger partial charge in [0.2, 0.25) is 0 Å². The summed E-state index contributed by atoms with van der Waals surface area (Å²) in [6.07, 6.45) is -4.05. The van der Waals surface area contributed by atoms with Crippen LogP contribution in [0.25, 0.3) is 0 Å². The molecule has 3 rings (SSSR count). The molecule has 27 heavy (non-hydrogen) atoms. The minimum atomic E-state index is -4.37. The lowest BCUT2D eigenvalue weighted by Crippen LogP contribution is -2.46. The molecule has 1 fully saturated rings. The fraction of sp³-hybridized carbons (Fsp3) is 0.381. The van der Waals surface area contributed by atoms with Crippen LogP contribution in [0.3, 0.4) is 0 Å². The maximum Gasteiger partial charge on any atom is 0.416 e. The Hall–Kier alpha value is -2.18. The molecule has 0 bridgehead atoms. The molecule has 1 aliphatic rings. The normalized spacial score (nSPS) is 16.4. The van der Waals surface area contributed by atoms with Crippen LogP contribution in [0.1, 0.15) is 27.9 Å². The van der Waals surface area contributed by atoms with E-state index in [1.807, 2.05) is 18.2 Å². The molecular formula is C21H23F3N2O. The second kappa shape index (κ2) is 8.67. The van der Waals surface area contributed by atoms with Crippen LogP contribution in [-0.4, -0.2) is 48.3 Å². The van der Waals surface area contributed by atoms with Gasteiger partial charge in [-0.15, -0.1) is 0 Å². The largest absolute Gasteiger partial charge is 0.416 e. The van der Waals surface area contributed by atoms with Gasteiger partial charge in [-0.25, -0.2) is 0 Å². The number of nitrogens with zero attached hydrogens (tertiary/aromatic N) is 2. The molecule has 0 aliphatic carbocycles. The average molecular weight is 376 g/mol. The Morgan fingerprint density at radius 2 is 1.44 bits per heavy atom. The molecule has 1 saturated heterocycles. The summed E-state index contributed by atoms with van der Waals surface area (Å²) in [4.78, 5) is 16.9. The van der Waals surface area contributed by atoms with E-state index >= 15 is 0 Å². The van der Waals surface area contributed by atoms with Gasteiger partial charge in [-0.3, -0.25) is 9.69 Å². The minimum absolute atomic E-state index is 0.115. The van der Waals surface area contributed by atoms with Crippen molar-refractivity contribution in [2.75, 3.05) is 32.7 Å². The molecule has 0 radical (unpaired) electrons. The summed E-state index contributed by atoms with van der Waals surface area (Å²) >= 11 is 0. The van der Waals surface area contributed by atoms with Crippen molar-refractivity contribution < 1.29 is 18.0 Å². The molecule has 2 aromatic carbocycles. The topological polar surface area (TPSA) is 23.6 Å². The predicted molar refractivity (Wildman–Crippen MR) is 98.6 cm³/mol. The Morgan fingerprint density at radius 1 is 0.852 bits per heavy atom. The molecular weight excluding hydrogens is 353 g/mol. The van der Waals surface area contributed by atoms with Gasteiger partial charge >= 0.3 is 6.18 Å². The summed E-state index contributed by atoms with van der Waals surface area (Å²) in [7, 11) is 0. The van der Waals surface area contributed by atoms with Gasteiger partial charge in [-0.2, -0.15) is 13.2 Å². The van der Waals surface area contributed by atoms with Crippen molar-refractivity contribution in [2.45, 2.75) is 19.1 Å². The van der Waals surface area contributed by atoms with Crippen LogP contribution >= 0.6 is 0 Å². The molecule has 6 heteroatoms. The molecule has 1 aliphatic heterocycles. The number of hydrogen-bond donors (Lipinski definition) is 0. The zero-order valence-corrected chi connectivity index (χ0v) is 15.1. The molecule has 0 amide bonds. The fourth-order valence-corrected chi connectivity index (χ4v) is 3.26. The fourth-order valence-electron chi connectivity index (χ4n) is 3.26. The second-order valence-electron chi connectivity index (χ2n) is 6.85. The maximum atomic E-state index is 12.6. The molecule has 1 heterocycles.